The van der Waals surface area contributed by atoms with Crippen molar-refractivity contribution < 1.29 is 13.9 Å². The highest BCUT2D eigenvalue weighted by Gasteiger charge is 2.38. The average molecular weight is 421 g/mol. The van der Waals surface area contributed by atoms with Crippen molar-refractivity contribution in [3.05, 3.63) is 59.6 Å². The van der Waals surface area contributed by atoms with Gasteiger partial charge in [-0.3, -0.25) is 4.79 Å². The van der Waals surface area contributed by atoms with Crippen molar-refractivity contribution in [2.24, 2.45) is 0 Å². The van der Waals surface area contributed by atoms with Gasteiger partial charge < -0.3 is 19.0 Å². The first-order chi connectivity index (χ1) is 14.9. The van der Waals surface area contributed by atoms with Crippen LogP contribution in [0.1, 0.15) is 60.5 Å². The Morgan fingerprint density at radius 3 is 2.90 bits per heavy atom. The Labute approximate surface area is 178 Å². The number of aromatic nitrogens is 6. The van der Waals surface area contributed by atoms with E-state index in [1.807, 2.05) is 45.2 Å². The van der Waals surface area contributed by atoms with Gasteiger partial charge in [0.15, 0.2) is 0 Å². The molecule has 0 fully saturated rings. The van der Waals surface area contributed by atoms with Gasteiger partial charge in [0.05, 0.1) is 24.8 Å². The molecule has 0 aromatic carbocycles. The standard InChI is InChI=1S/C21H23N7O3/c1-21(2,3)20-25-24-18(31-20)19(29)27-9-7-12-16(23-11-22-12)17(27)13-10-14-15(30-4)6-5-8-28(14)26-13/h5-6,8,10-11,17H,7,9H2,1-4H3,(H,22,23)/t17-/m1/s1. The Kier molecular flexibility index (Phi) is 4.31. The maximum absolute atomic E-state index is 13.4. The number of pyridine rings is 1. The molecule has 160 valence electrons. The zero-order chi connectivity index (χ0) is 21.8. The summed E-state index contributed by atoms with van der Waals surface area (Å²) < 4.78 is 12.9. The van der Waals surface area contributed by atoms with Gasteiger partial charge in [-0.15, -0.1) is 10.2 Å². The lowest BCUT2D eigenvalue weighted by Gasteiger charge is -2.32. The summed E-state index contributed by atoms with van der Waals surface area (Å²) in [5, 5.41) is 12.8. The van der Waals surface area contributed by atoms with E-state index in [0.717, 1.165) is 16.9 Å². The van der Waals surface area contributed by atoms with Gasteiger partial charge in [-0.1, -0.05) is 20.8 Å². The molecule has 1 aliphatic heterocycles. The van der Waals surface area contributed by atoms with Gasteiger partial charge in [0.2, 0.25) is 5.89 Å². The number of nitrogens with one attached hydrogen (secondary N) is 1. The van der Waals surface area contributed by atoms with Crippen molar-refractivity contribution in [3.63, 3.8) is 0 Å². The van der Waals surface area contributed by atoms with Gasteiger partial charge in [-0.2, -0.15) is 5.10 Å². The Balaban J connectivity index is 1.59. The third-order valence-electron chi connectivity index (χ3n) is 5.42. The molecule has 0 aliphatic carbocycles. The van der Waals surface area contributed by atoms with E-state index >= 15 is 0 Å². The first-order valence-corrected chi connectivity index (χ1v) is 10.1. The molecule has 5 heterocycles. The molecule has 0 unspecified atom stereocenters. The van der Waals surface area contributed by atoms with Crippen molar-refractivity contribution in [1.29, 1.82) is 0 Å². The van der Waals surface area contributed by atoms with Crippen molar-refractivity contribution in [3.8, 4) is 5.75 Å². The summed E-state index contributed by atoms with van der Waals surface area (Å²) in [5.41, 5.74) is 2.89. The lowest BCUT2D eigenvalue weighted by atomic mass is 9.97. The average Bonchev–Trinajstić information content (AvgIpc) is 3.50. The van der Waals surface area contributed by atoms with E-state index in [1.165, 1.54) is 0 Å². The van der Waals surface area contributed by atoms with Crippen molar-refractivity contribution >= 4 is 11.4 Å². The number of carbonyl (C=O) groups excluding carboxylic acids is 1. The zero-order valence-electron chi connectivity index (χ0n) is 17.8. The van der Waals surface area contributed by atoms with Gasteiger partial charge in [-0.25, -0.2) is 9.50 Å². The number of aromatic amines is 1. The van der Waals surface area contributed by atoms with Crippen molar-refractivity contribution in [2.75, 3.05) is 13.7 Å². The number of ether oxygens (including phenoxy) is 1. The third-order valence-corrected chi connectivity index (χ3v) is 5.42. The first-order valence-electron chi connectivity index (χ1n) is 10.1. The SMILES string of the molecule is COc1cccn2nc([C@@H]3c4nc[nH]c4CCN3C(=O)c3nnc(C(C)(C)C)o3)cc12. The third kappa shape index (κ3) is 3.15. The molecule has 0 bridgehead atoms. The fraction of sp³-hybridized carbons (Fsp3) is 0.381. The molecule has 1 aliphatic rings. The molecule has 4 aromatic rings. The highest BCUT2D eigenvalue weighted by atomic mass is 16.5. The van der Waals surface area contributed by atoms with Crippen LogP contribution in [0, 0.1) is 0 Å². The number of fused-ring (bicyclic) bond motifs is 2. The van der Waals surface area contributed by atoms with Crippen LogP contribution in [0.25, 0.3) is 5.52 Å². The molecule has 0 saturated carbocycles. The summed E-state index contributed by atoms with van der Waals surface area (Å²) >= 11 is 0. The van der Waals surface area contributed by atoms with Gasteiger partial charge >= 0.3 is 11.8 Å². The molecule has 10 heteroatoms. The minimum atomic E-state index is -0.489. The molecule has 1 atom stereocenters. The van der Waals surface area contributed by atoms with Crippen molar-refractivity contribution in [2.45, 2.75) is 38.6 Å². The largest absolute Gasteiger partial charge is 0.494 e. The highest BCUT2D eigenvalue weighted by molar-refractivity contribution is 5.90. The summed E-state index contributed by atoms with van der Waals surface area (Å²) in [6, 6.07) is 5.16. The van der Waals surface area contributed by atoms with E-state index < -0.39 is 6.04 Å². The lowest BCUT2D eigenvalue weighted by Crippen LogP contribution is -2.41. The Morgan fingerprint density at radius 2 is 2.16 bits per heavy atom. The number of imidazole rings is 1. The van der Waals surface area contributed by atoms with Gasteiger partial charge in [0.1, 0.15) is 17.3 Å². The summed E-state index contributed by atoms with van der Waals surface area (Å²) in [6.45, 7) is 6.34. The summed E-state index contributed by atoms with van der Waals surface area (Å²) in [5.74, 6) is 0.743. The van der Waals surface area contributed by atoms with Gasteiger partial charge in [0, 0.05) is 30.3 Å². The number of nitrogens with zero attached hydrogens (tertiary/aromatic N) is 6. The van der Waals surface area contributed by atoms with E-state index in [9.17, 15) is 4.79 Å². The van der Waals surface area contributed by atoms with E-state index in [0.29, 0.717) is 30.3 Å². The molecule has 0 spiro atoms. The van der Waals surface area contributed by atoms with Crippen LogP contribution in [0.2, 0.25) is 0 Å². The second-order valence-electron chi connectivity index (χ2n) is 8.56. The maximum atomic E-state index is 13.4. The first kappa shape index (κ1) is 19.3. The lowest BCUT2D eigenvalue weighted by molar-refractivity contribution is 0.0642. The van der Waals surface area contributed by atoms with Crippen LogP contribution in [0.4, 0.5) is 0 Å². The quantitative estimate of drug-likeness (QED) is 0.540. The minimum absolute atomic E-state index is 0.0322. The van der Waals surface area contributed by atoms with E-state index in [-0.39, 0.29) is 17.2 Å². The van der Waals surface area contributed by atoms with E-state index in [2.05, 4.69) is 20.2 Å². The predicted molar refractivity (Wildman–Crippen MR) is 110 cm³/mol. The number of amides is 1. The molecule has 10 nitrogen and oxygen atoms in total. The van der Waals surface area contributed by atoms with Gasteiger partial charge in [0.25, 0.3) is 0 Å². The maximum Gasteiger partial charge on any atom is 0.312 e. The minimum Gasteiger partial charge on any atom is -0.494 e. The van der Waals surface area contributed by atoms with Crippen LogP contribution in [0.5, 0.6) is 5.75 Å². The fourth-order valence-corrected chi connectivity index (χ4v) is 3.85. The monoisotopic (exact) mass is 421 g/mol. The summed E-state index contributed by atoms with van der Waals surface area (Å²) in [4.78, 5) is 22.8. The van der Waals surface area contributed by atoms with E-state index in [4.69, 9.17) is 14.3 Å². The van der Waals surface area contributed by atoms with Gasteiger partial charge in [-0.05, 0) is 18.2 Å². The number of methoxy groups -OCH3 is 1. The molecule has 0 saturated heterocycles. The summed E-state index contributed by atoms with van der Waals surface area (Å²) in [6.07, 6.45) is 4.14. The molecular formula is C21H23N7O3. The normalized spacial score (nSPS) is 16.5. The van der Waals surface area contributed by atoms with E-state index in [1.54, 1.807) is 22.9 Å². The van der Waals surface area contributed by atoms with Crippen LogP contribution >= 0.6 is 0 Å². The van der Waals surface area contributed by atoms with Crippen LogP contribution in [0.3, 0.4) is 0 Å². The van der Waals surface area contributed by atoms with Crippen LogP contribution < -0.4 is 4.74 Å². The van der Waals surface area contributed by atoms with Crippen LogP contribution in [0.15, 0.2) is 35.1 Å². The molecule has 4 aromatic heterocycles. The molecular weight excluding hydrogens is 398 g/mol. The highest BCUT2D eigenvalue weighted by Crippen LogP contribution is 2.35. The Hall–Kier alpha value is -3.69. The van der Waals surface area contributed by atoms with Crippen LogP contribution in [-0.4, -0.2) is 54.2 Å². The fourth-order valence-electron chi connectivity index (χ4n) is 3.85. The number of rotatable bonds is 3. The van der Waals surface area contributed by atoms with Crippen molar-refractivity contribution in [1.82, 2.24) is 34.7 Å². The number of hydrogen-bond donors (Lipinski definition) is 1. The Bertz CT molecular complexity index is 1260. The predicted octanol–water partition coefficient (Wildman–Crippen LogP) is 2.53. The molecule has 5 rings (SSSR count). The number of hydrogen-bond acceptors (Lipinski definition) is 7. The Morgan fingerprint density at radius 1 is 1.32 bits per heavy atom. The number of carbonyl (C=O) groups is 1. The molecule has 1 amide bonds. The molecule has 0 radical (unpaired) electrons. The molecule has 1 N–H and O–H groups in total. The zero-order valence-corrected chi connectivity index (χ0v) is 17.8. The smallest absolute Gasteiger partial charge is 0.312 e. The van der Waals surface area contributed by atoms with Crippen LogP contribution in [-0.2, 0) is 11.8 Å². The molecule has 31 heavy (non-hydrogen) atoms. The second kappa shape index (κ2) is 6.93. The number of H-pyrrole nitrogens is 1. The summed E-state index contributed by atoms with van der Waals surface area (Å²) in [7, 11) is 1.62. The second-order valence-corrected chi connectivity index (χ2v) is 8.56. The topological polar surface area (TPSA) is 114 Å².